The van der Waals surface area contributed by atoms with E-state index in [1.54, 1.807) is 32.0 Å². The van der Waals surface area contributed by atoms with Crippen LogP contribution in [-0.4, -0.2) is 31.8 Å². The van der Waals surface area contributed by atoms with Gasteiger partial charge < -0.3 is 4.74 Å². The predicted octanol–water partition coefficient (Wildman–Crippen LogP) is 3.70. The van der Waals surface area contributed by atoms with E-state index in [9.17, 15) is 13.2 Å². The quantitative estimate of drug-likeness (QED) is 0.536. The van der Waals surface area contributed by atoms with Crippen LogP contribution in [0.4, 0.5) is 0 Å². The van der Waals surface area contributed by atoms with Crippen molar-refractivity contribution < 1.29 is 17.9 Å². The van der Waals surface area contributed by atoms with Gasteiger partial charge in [-0.25, -0.2) is 13.2 Å². The number of rotatable bonds is 6. The van der Waals surface area contributed by atoms with Crippen LogP contribution in [0.2, 0.25) is 0 Å². The maximum absolute atomic E-state index is 12.5. The summed E-state index contributed by atoms with van der Waals surface area (Å²) in [6, 6.07) is 12.8. The van der Waals surface area contributed by atoms with Crippen molar-refractivity contribution in [1.82, 2.24) is 4.31 Å². The lowest BCUT2D eigenvalue weighted by Crippen LogP contribution is -2.30. The summed E-state index contributed by atoms with van der Waals surface area (Å²) in [6.07, 6.45) is 0. The second-order valence-corrected chi connectivity index (χ2v) is 7.82. The van der Waals surface area contributed by atoms with E-state index in [0.29, 0.717) is 18.8 Å². The summed E-state index contributed by atoms with van der Waals surface area (Å²) in [6.45, 7) is 4.27. The Morgan fingerprint density at radius 2 is 1.75 bits per heavy atom. The Balaban J connectivity index is 2.28. The largest absolute Gasteiger partial charge is 0.423 e. The first-order valence-corrected chi connectivity index (χ1v) is 9.69. The third kappa shape index (κ3) is 4.23. The van der Waals surface area contributed by atoms with Gasteiger partial charge in [-0.15, -0.1) is 0 Å². The Kier molecular flexibility index (Phi) is 6.15. The molecule has 0 aliphatic carbocycles. The van der Waals surface area contributed by atoms with E-state index in [1.165, 1.54) is 28.6 Å². The zero-order valence-corrected chi connectivity index (χ0v) is 15.8. The van der Waals surface area contributed by atoms with Gasteiger partial charge in [0.2, 0.25) is 10.0 Å². The van der Waals surface area contributed by atoms with Crippen LogP contribution in [-0.2, 0) is 10.0 Å². The number of hydrogen-bond acceptors (Lipinski definition) is 4. The third-order valence-corrected chi connectivity index (χ3v) is 5.96. The van der Waals surface area contributed by atoms with Crippen LogP contribution in [0.25, 0.3) is 0 Å². The zero-order chi connectivity index (χ0) is 17.7. The number of carbonyl (C=O) groups is 1. The van der Waals surface area contributed by atoms with Gasteiger partial charge in [0, 0.05) is 17.6 Å². The zero-order valence-electron chi connectivity index (χ0n) is 13.4. The fourth-order valence-electron chi connectivity index (χ4n) is 2.19. The first-order valence-electron chi connectivity index (χ1n) is 7.46. The van der Waals surface area contributed by atoms with Gasteiger partial charge in [0.25, 0.3) is 0 Å². The van der Waals surface area contributed by atoms with Crippen LogP contribution in [0.1, 0.15) is 24.2 Å². The maximum Gasteiger partial charge on any atom is 0.343 e. The molecule has 2 aromatic carbocycles. The number of halogens is 1. The van der Waals surface area contributed by atoms with Crippen LogP contribution in [0, 0.1) is 0 Å². The first kappa shape index (κ1) is 18.6. The van der Waals surface area contributed by atoms with Gasteiger partial charge in [-0.2, -0.15) is 4.31 Å². The van der Waals surface area contributed by atoms with Crippen molar-refractivity contribution in [1.29, 1.82) is 0 Å². The smallest absolute Gasteiger partial charge is 0.343 e. The van der Waals surface area contributed by atoms with E-state index in [0.717, 1.165) is 4.47 Å². The minimum absolute atomic E-state index is 0.0786. The molecule has 0 saturated heterocycles. The van der Waals surface area contributed by atoms with Crippen molar-refractivity contribution in [2.75, 3.05) is 13.1 Å². The van der Waals surface area contributed by atoms with Crippen LogP contribution in [0.3, 0.4) is 0 Å². The van der Waals surface area contributed by atoms with Gasteiger partial charge in [-0.3, -0.25) is 0 Å². The molecule has 0 atom stereocenters. The van der Waals surface area contributed by atoms with Gasteiger partial charge in [0.15, 0.2) is 0 Å². The summed E-state index contributed by atoms with van der Waals surface area (Å²) < 4.78 is 32.5. The van der Waals surface area contributed by atoms with Crippen molar-refractivity contribution in [2.24, 2.45) is 0 Å². The molecule has 2 aromatic rings. The van der Waals surface area contributed by atoms with Crippen molar-refractivity contribution in [3.63, 3.8) is 0 Å². The molecule has 0 heterocycles. The summed E-state index contributed by atoms with van der Waals surface area (Å²) in [5, 5.41) is 0. The Morgan fingerprint density at radius 3 is 2.38 bits per heavy atom. The van der Waals surface area contributed by atoms with Crippen molar-refractivity contribution >= 4 is 31.9 Å². The average molecular weight is 412 g/mol. The molecule has 128 valence electrons. The highest BCUT2D eigenvalue weighted by atomic mass is 79.9. The second-order valence-electron chi connectivity index (χ2n) is 4.96. The molecule has 0 aromatic heterocycles. The summed E-state index contributed by atoms with van der Waals surface area (Å²) in [4.78, 5) is 12.3. The molecule has 0 radical (unpaired) electrons. The lowest BCUT2D eigenvalue weighted by atomic mass is 10.2. The molecule has 0 spiro atoms. The third-order valence-electron chi connectivity index (χ3n) is 3.42. The SMILES string of the molecule is CCN(CC)S(=O)(=O)c1cccc(C(=O)Oc2cccc(Br)c2)c1. The standard InChI is InChI=1S/C17H18BrNO4S/c1-3-19(4-2)24(21,22)16-10-5-7-13(11-16)17(20)23-15-9-6-8-14(18)12-15/h5-12H,3-4H2,1-2H3. The Bertz CT molecular complexity index is 832. The molecular weight excluding hydrogens is 394 g/mol. The number of sulfonamides is 1. The van der Waals surface area contributed by atoms with E-state index in [2.05, 4.69) is 15.9 Å². The number of ether oxygens (including phenoxy) is 1. The fourth-order valence-corrected chi connectivity index (χ4v) is 4.08. The van der Waals surface area contributed by atoms with Gasteiger partial charge in [-0.05, 0) is 36.4 Å². The van der Waals surface area contributed by atoms with E-state index < -0.39 is 16.0 Å². The molecule has 0 N–H and O–H groups in total. The monoisotopic (exact) mass is 411 g/mol. The molecule has 24 heavy (non-hydrogen) atoms. The summed E-state index contributed by atoms with van der Waals surface area (Å²) in [7, 11) is -3.62. The second kappa shape index (κ2) is 7.92. The molecule has 0 saturated carbocycles. The molecule has 0 bridgehead atoms. The van der Waals surface area contributed by atoms with Crippen LogP contribution in [0.5, 0.6) is 5.75 Å². The van der Waals surface area contributed by atoms with Gasteiger partial charge >= 0.3 is 5.97 Å². The Labute approximate surface area is 150 Å². The molecule has 0 amide bonds. The molecule has 0 fully saturated rings. The fraction of sp³-hybridized carbons (Fsp3) is 0.235. The summed E-state index contributed by atoms with van der Waals surface area (Å²) in [5.74, 6) is -0.226. The maximum atomic E-state index is 12.5. The minimum atomic E-state index is -3.62. The van der Waals surface area contributed by atoms with Gasteiger partial charge in [0.05, 0.1) is 10.5 Å². The Hall–Kier alpha value is -1.70. The number of benzene rings is 2. The highest BCUT2D eigenvalue weighted by molar-refractivity contribution is 9.10. The summed E-state index contributed by atoms with van der Waals surface area (Å²) in [5.41, 5.74) is 0.184. The molecule has 7 heteroatoms. The minimum Gasteiger partial charge on any atom is -0.423 e. The summed E-state index contributed by atoms with van der Waals surface area (Å²) >= 11 is 3.30. The average Bonchev–Trinajstić information content (AvgIpc) is 2.56. The van der Waals surface area contributed by atoms with Crippen LogP contribution >= 0.6 is 15.9 Å². The van der Waals surface area contributed by atoms with Crippen molar-refractivity contribution in [3.8, 4) is 5.75 Å². The highest BCUT2D eigenvalue weighted by Crippen LogP contribution is 2.21. The number of hydrogen-bond donors (Lipinski definition) is 0. The Morgan fingerprint density at radius 1 is 1.08 bits per heavy atom. The van der Waals surface area contributed by atoms with Crippen LogP contribution < -0.4 is 4.74 Å². The normalized spacial score (nSPS) is 11.5. The van der Waals surface area contributed by atoms with E-state index in [4.69, 9.17) is 4.74 Å². The molecule has 5 nitrogen and oxygen atoms in total. The van der Waals surface area contributed by atoms with Crippen molar-refractivity contribution in [3.05, 3.63) is 58.6 Å². The molecular formula is C17H18BrNO4S. The van der Waals surface area contributed by atoms with Crippen LogP contribution in [0.15, 0.2) is 57.9 Å². The number of esters is 1. The molecule has 0 unspecified atom stereocenters. The van der Waals surface area contributed by atoms with Gasteiger partial charge in [0.1, 0.15) is 5.75 Å². The van der Waals surface area contributed by atoms with Crippen molar-refractivity contribution in [2.45, 2.75) is 18.7 Å². The number of carbonyl (C=O) groups excluding carboxylic acids is 1. The van der Waals surface area contributed by atoms with E-state index in [-0.39, 0.29) is 10.5 Å². The highest BCUT2D eigenvalue weighted by Gasteiger charge is 2.22. The number of nitrogens with zero attached hydrogens (tertiary/aromatic N) is 1. The molecule has 2 rings (SSSR count). The topological polar surface area (TPSA) is 63.7 Å². The predicted molar refractivity (Wildman–Crippen MR) is 95.6 cm³/mol. The molecule has 0 aliphatic rings. The first-order chi connectivity index (χ1) is 11.4. The lowest BCUT2D eigenvalue weighted by molar-refractivity contribution is 0.0734. The van der Waals surface area contributed by atoms with E-state index >= 15 is 0 Å². The van der Waals surface area contributed by atoms with Gasteiger partial charge in [-0.1, -0.05) is 41.9 Å². The molecule has 0 aliphatic heterocycles. The lowest BCUT2D eigenvalue weighted by Gasteiger charge is -2.18. The van der Waals surface area contributed by atoms with E-state index in [1.807, 2.05) is 6.07 Å².